The van der Waals surface area contributed by atoms with Crippen LogP contribution < -0.4 is 0 Å². The fourth-order valence-corrected chi connectivity index (χ4v) is 0.850. The van der Waals surface area contributed by atoms with Crippen LogP contribution in [0.15, 0.2) is 34.5 Å². The second kappa shape index (κ2) is 7.65. The number of azo groups is 1. The van der Waals surface area contributed by atoms with Gasteiger partial charge >= 0.3 is 5.97 Å². The molecule has 6 nitrogen and oxygen atoms in total. The Morgan fingerprint density at radius 2 is 2.19 bits per heavy atom. The van der Waals surface area contributed by atoms with Crippen molar-refractivity contribution in [2.75, 3.05) is 6.54 Å². The Kier molecular flexibility index (Phi) is 6.35. The van der Waals surface area contributed by atoms with Crippen molar-refractivity contribution in [1.29, 1.82) is 10.5 Å². The average Bonchev–Trinajstić information content (AvgIpc) is 2.32. The molecule has 0 bridgehead atoms. The molecule has 1 aromatic rings. The Morgan fingerprint density at radius 3 is 2.75 bits per heavy atom. The Morgan fingerprint density at radius 1 is 1.50 bits per heavy atom. The molecule has 1 aromatic carbocycles. The molecule has 0 saturated carbocycles. The molecule has 0 aromatic heterocycles. The minimum Gasteiger partial charge on any atom is -0.478 e. The van der Waals surface area contributed by atoms with Crippen molar-refractivity contribution in [3.05, 3.63) is 29.8 Å². The summed E-state index contributed by atoms with van der Waals surface area (Å²) in [5.41, 5.74) is 0.582. The number of hydrogen-bond donors (Lipinski definition) is 1. The van der Waals surface area contributed by atoms with Gasteiger partial charge in [-0.05, 0) is 18.2 Å². The van der Waals surface area contributed by atoms with Crippen molar-refractivity contribution in [1.82, 2.24) is 0 Å². The lowest BCUT2D eigenvalue weighted by Crippen LogP contribution is -1.94. The number of carboxylic acid groups (broad SMARTS) is 1. The summed E-state index contributed by atoms with van der Waals surface area (Å²) in [4.78, 5) is 10.6. The van der Waals surface area contributed by atoms with Crippen LogP contribution in [0.3, 0.4) is 0 Å². The fourth-order valence-electron chi connectivity index (χ4n) is 0.850. The van der Waals surface area contributed by atoms with Gasteiger partial charge in [0.25, 0.3) is 0 Å². The van der Waals surface area contributed by atoms with E-state index in [0.717, 1.165) is 0 Å². The molecule has 0 heterocycles. The Hall–Kier alpha value is -2.73. The van der Waals surface area contributed by atoms with Gasteiger partial charge in [-0.25, -0.2) is 10.1 Å². The molecule has 0 fully saturated rings. The van der Waals surface area contributed by atoms with Crippen LogP contribution >= 0.6 is 0 Å². The van der Waals surface area contributed by atoms with Gasteiger partial charge in [-0.3, -0.25) is 0 Å². The standard InChI is InChI=1S/C9H7N3O2.CHN/c10-4-5-11-12-8-3-1-2-7(6-8)9(13)14;1-2/h1-3,6H,5H2,(H,13,14);1H. The summed E-state index contributed by atoms with van der Waals surface area (Å²) in [5, 5.41) is 30.6. The van der Waals surface area contributed by atoms with E-state index in [2.05, 4.69) is 16.8 Å². The molecule has 0 aliphatic carbocycles. The Bertz CT molecular complexity index is 446. The minimum atomic E-state index is -1.01. The highest BCUT2D eigenvalue weighted by molar-refractivity contribution is 5.88. The monoisotopic (exact) mass is 216 g/mol. The van der Waals surface area contributed by atoms with Gasteiger partial charge in [0.05, 0.1) is 17.3 Å². The fraction of sp³-hybridized carbons (Fsp3) is 0.100. The molecule has 0 saturated heterocycles. The molecule has 6 heteroatoms. The predicted molar refractivity (Wildman–Crippen MR) is 55.1 cm³/mol. The van der Waals surface area contributed by atoms with Crippen LogP contribution in [0.25, 0.3) is 0 Å². The first-order valence-corrected chi connectivity index (χ1v) is 4.07. The summed E-state index contributed by atoms with van der Waals surface area (Å²) < 4.78 is 0. The largest absolute Gasteiger partial charge is 0.478 e. The van der Waals surface area contributed by atoms with Crippen molar-refractivity contribution in [2.45, 2.75) is 0 Å². The van der Waals surface area contributed by atoms with Gasteiger partial charge in [-0.1, -0.05) is 6.07 Å². The second-order valence-corrected chi connectivity index (χ2v) is 2.41. The highest BCUT2D eigenvalue weighted by Gasteiger charge is 2.01. The summed E-state index contributed by atoms with van der Waals surface area (Å²) in [6.07, 6.45) is 0. The van der Waals surface area contributed by atoms with Crippen LogP contribution in [0.5, 0.6) is 0 Å². The van der Waals surface area contributed by atoms with Crippen molar-refractivity contribution in [3.8, 4) is 12.6 Å². The van der Waals surface area contributed by atoms with Crippen LogP contribution in [-0.4, -0.2) is 17.6 Å². The molecule has 1 rings (SSSR count). The van der Waals surface area contributed by atoms with E-state index in [1.54, 1.807) is 18.2 Å². The lowest BCUT2D eigenvalue weighted by atomic mass is 10.2. The number of hydrogen-bond acceptors (Lipinski definition) is 5. The molecular weight excluding hydrogens is 208 g/mol. The Labute approximate surface area is 92.1 Å². The number of rotatable bonds is 3. The van der Waals surface area contributed by atoms with Gasteiger partial charge in [-0.15, -0.1) is 0 Å². The average molecular weight is 216 g/mol. The molecule has 80 valence electrons. The molecule has 0 radical (unpaired) electrons. The van der Waals surface area contributed by atoms with Crippen molar-refractivity contribution in [3.63, 3.8) is 0 Å². The van der Waals surface area contributed by atoms with E-state index < -0.39 is 5.97 Å². The number of nitrogens with zero attached hydrogens (tertiary/aromatic N) is 4. The Balaban J connectivity index is 0.00000106. The van der Waals surface area contributed by atoms with Crippen molar-refractivity contribution < 1.29 is 9.90 Å². The molecule has 1 N–H and O–H groups in total. The van der Waals surface area contributed by atoms with Gasteiger partial charge in [0, 0.05) is 6.57 Å². The van der Waals surface area contributed by atoms with Crippen molar-refractivity contribution in [2.24, 2.45) is 10.2 Å². The van der Waals surface area contributed by atoms with Crippen LogP contribution in [0.1, 0.15) is 10.4 Å². The van der Waals surface area contributed by atoms with Crippen LogP contribution in [0.4, 0.5) is 5.69 Å². The number of nitriles is 2. The SMILES string of the molecule is C#N.N#CCN=Nc1cccc(C(=O)O)c1. The summed E-state index contributed by atoms with van der Waals surface area (Å²) in [5.74, 6) is -1.01. The second-order valence-electron chi connectivity index (χ2n) is 2.41. The van der Waals surface area contributed by atoms with Gasteiger partial charge in [-0.2, -0.15) is 15.5 Å². The molecule has 16 heavy (non-hydrogen) atoms. The van der Waals surface area contributed by atoms with E-state index in [-0.39, 0.29) is 12.1 Å². The molecular formula is C10H8N4O2. The molecule has 0 spiro atoms. The van der Waals surface area contributed by atoms with Crippen LogP contribution in [0.2, 0.25) is 0 Å². The van der Waals surface area contributed by atoms with E-state index in [9.17, 15) is 4.79 Å². The third kappa shape index (κ3) is 4.49. The van der Waals surface area contributed by atoms with Crippen LogP contribution in [-0.2, 0) is 0 Å². The lowest BCUT2D eigenvalue weighted by molar-refractivity contribution is 0.0697. The number of aromatic carboxylic acids is 1. The zero-order chi connectivity index (χ0) is 12.4. The maximum atomic E-state index is 10.6. The van der Waals surface area contributed by atoms with E-state index in [1.165, 1.54) is 12.1 Å². The lowest BCUT2D eigenvalue weighted by Gasteiger charge is -1.94. The highest BCUT2D eigenvalue weighted by atomic mass is 16.4. The van der Waals surface area contributed by atoms with Crippen LogP contribution in [0, 0.1) is 23.2 Å². The normalized spacial score (nSPS) is 8.81. The highest BCUT2D eigenvalue weighted by Crippen LogP contribution is 2.14. The summed E-state index contributed by atoms with van der Waals surface area (Å²) >= 11 is 0. The quantitative estimate of drug-likeness (QED) is 0.616. The van der Waals surface area contributed by atoms with E-state index in [0.29, 0.717) is 5.69 Å². The molecule has 0 aliphatic rings. The van der Waals surface area contributed by atoms with Gasteiger partial charge in [0.15, 0.2) is 0 Å². The minimum absolute atomic E-state index is 0.0305. The van der Waals surface area contributed by atoms with Gasteiger partial charge in [0.2, 0.25) is 0 Å². The number of carbonyl (C=O) groups is 1. The zero-order valence-electron chi connectivity index (χ0n) is 8.24. The number of carboxylic acids is 1. The molecule has 0 aliphatic heterocycles. The summed E-state index contributed by atoms with van der Waals surface area (Å²) in [6, 6.07) is 7.85. The maximum Gasteiger partial charge on any atom is 0.335 e. The molecule has 0 atom stereocenters. The van der Waals surface area contributed by atoms with E-state index in [1.807, 2.05) is 0 Å². The van der Waals surface area contributed by atoms with Gasteiger partial charge < -0.3 is 5.11 Å². The maximum absolute atomic E-state index is 10.6. The van der Waals surface area contributed by atoms with Crippen molar-refractivity contribution >= 4 is 11.7 Å². The summed E-state index contributed by atoms with van der Waals surface area (Å²) in [6.45, 7) is 3.47. The molecule has 0 unspecified atom stereocenters. The third-order valence-corrected chi connectivity index (χ3v) is 1.42. The van der Waals surface area contributed by atoms with E-state index >= 15 is 0 Å². The topological polar surface area (TPSA) is 110 Å². The molecule has 0 amide bonds. The number of benzene rings is 1. The first-order valence-electron chi connectivity index (χ1n) is 4.07. The van der Waals surface area contributed by atoms with E-state index in [4.69, 9.17) is 15.6 Å². The third-order valence-electron chi connectivity index (χ3n) is 1.42. The van der Waals surface area contributed by atoms with Gasteiger partial charge in [0.1, 0.15) is 6.54 Å². The smallest absolute Gasteiger partial charge is 0.335 e. The predicted octanol–water partition coefficient (Wildman–Crippen LogP) is 2.13. The first kappa shape index (κ1) is 13.3. The first-order chi connectivity index (χ1) is 7.74. The summed E-state index contributed by atoms with van der Waals surface area (Å²) in [7, 11) is 0. The zero-order valence-corrected chi connectivity index (χ0v) is 8.24.